The number of hydrogen-bond acceptors (Lipinski definition) is 4. The Balaban J connectivity index is 1.63. The van der Waals surface area contributed by atoms with E-state index in [9.17, 15) is 4.79 Å². The van der Waals surface area contributed by atoms with E-state index in [-0.39, 0.29) is 11.8 Å². The van der Waals surface area contributed by atoms with Gasteiger partial charge in [-0.25, -0.2) is 0 Å². The first kappa shape index (κ1) is 18.1. The molecular weight excluding hydrogens is 336 g/mol. The first-order valence-electron chi connectivity index (χ1n) is 8.60. The molecule has 1 fully saturated rings. The Morgan fingerprint density at radius 1 is 1.08 bits per heavy atom. The number of ketones is 1. The lowest BCUT2D eigenvalue weighted by atomic mass is 10.0. The molecule has 0 amide bonds. The molecular formula is C20H23ClN2O2. The molecule has 0 spiro atoms. The monoisotopic (exact) mass is 358 g/mol. The fourth-order valence-electron chi connectivity index (χ4n) is 3.08. The number of hydrogen-bond donors (Lipinski definition) is 1. The van der Waals surface area contributed by atoms with E-state index in [0.717, 1.165) is 36.9 Å². The van der Waals surface area contributed by atoms with Crippen molar-refractivity contribution >= 4 is 17.4 Å². The van der Waals surface area contributed by atoms with Crippen LogP contribution >= 0.6 is 11.6 Å². The van der Waals surface area contributed by atoms with Gasteiger partial charge in [-0.15, -0.1) is 0 Å². The molecule has 1 aliphatic rings. The number of morpholine rings is 1. The van der Waals surface area contributed by atoms with Crippen LogP contribution in [-0.4, -0.2) is 50.1 Å². The van der Waals surface area contributed by atoms with Crippen LogP contribution in [0, 0.1) is 0 Å². The summed E-state index contributed by atoms with van der Waals surface area (Å²) in [5.74, 6) is 0.109. The highest BCUT2D eigenvalue weighted by atomic mass is 35.5. The van der Waals surface area contributed by atoms with Gasteiger partial charge in [0.2, 0.25) is 0 Å². The van der Waals surface area contributed by atoms with Crippen molar-refractivity contribution in [2.24, 2.45) is 0 Å². The van der Waals surface area contributed by atoms with Crippen LogP contribution in [0.15, 0.2) is 54.6 Å². The first-order chi connectivity index (χ1) is 12.2. The third kappa shape index (κ3) is 5.13. The van der Waals surface area contributed by atoms with Gasteiger partial charge in [-0.1, -0.05) is 54.1 Å². The van der Waals surface area contributed by atoms with Crippen molar-refractivity contribution in [3.63, 3.8) is 0 Å². The highest BCUT2D eigenvalue weighted by Gasteiger charge is 2.22. The highest BCUT2D eigenvalue weighted by molar-refractivity contribution is 6.30. The number of benzene rings is 2. The third-order valence-electron chi connectivity index (χ3n) is 4.46. The number of nitrogens with zero attached hydrogens (tertiary/aromatic N) is 1. The van der Waals surface area contributed by atoms with E-state index in [1.807, 2.05) is 42.5 Å². The van der Waals surface area contributed by atoms with Gasteiger partial charge in [0.05, 0.1) is 19.8 Å². The van der Waals surface area contributed by atoms with Crippen LogP contribution in [0.5, 0.6) is 0 Å². The molecule has 25 heavy (non-hydrogen) atoms. The summed E-state index contributed by atoms with van der Waals surface area (Å²) in [5, 5.41) is 4.06. The summed E-state index contributed by atoms with van der Waals surface area (Å²) >= 11 is 6.02. The zero-order valence-electron chi connectivity index (χ0n) is 14.2. The lowest BCUT2D eigenvalue weighted by molar-refractivity contribution is 0.0162. The standard InChI is InChI=1S/C20H23ClN2O2/c21-18-8-6-16(7-9-18)19(23-10-12-25-13-11-23)14-22-15-20(24)17-4-2-1-3-5-17/h1-9,19,22H,10-15H2. The maximum atomic E-state index is 12.3. The maximum Gasteiger partial charge on any atom is 0.176 e. The first-order valence-corrected chi connectivity index (χ1v) is 8.98. The SMILES string of the molecule is O=C(CNCC(c1ccc(Cl)cc1)N1CCOCC1)c1ccccc1. The fraction of sp³-hybridized carbons (Fsp3) is 0.350. The van der Waals surface area contributed by atoms with Gasteiger partial charge in [-0.2, -0.15) is 0 Å². The Kier molecular flexibility index (Phi) is 6.59. The lowest BCUT2D eigenvalue weighted by Crippen LogP contribution is -2.43. The average molecular weight is 359 g/mol. The molecule has 0 saturated carbocycles. The fourth-order valence-corrected chi connectivity index (χ4v) is 3.21. The van der Waals surface area contributed by atoms with Crippen molar-refractivity contribution < 1.29 is 9.53 Å². The Hall–Kier alpha value is -1.72. The normalized spacial score (nSPS) is 16.5. The molecule has 2 aromatic rings. The van der Waals surface area contributed by atoms with E-state index in [0.29, 0.717) is 13.1 Å². The van der Waals surface area contributed by atoms with Crippen molar-refractivity contribution in [2.45, 2.75) is 6.04 Å². The molecule has 1 unspecified atom stereocenters. The van der Waals surface area contributed by atoms with E-state index in [2.05, 4.69) is 22.3 Å². The average Bonchev–Trinajstić information content (AvgIpc) is 2.67. The molecule has 1 heterocycles. The number of rotatable bonds is 7. The molecule has 3 rings (SSSR count). The molecule has 2 aromatic carbocycles. The predicted octanol–water partition coefficient (Wildman–Crippen LogP) is 3.19. The van der Waals surface area contributed by atoms with Gasteiger partial charge >= 0.3 is 0 Å². The second-order valence-corrected chi connectivity index (χ2v) is 6.57. The minimum absolute atomic E-state index is 0.109. The van der Waals surface area contributed by atoms with E-state index in [1.165, 1.54) is 5.56 Å². The van der Waals surface area contributed by atoms with Crippen molar-refractivity contribution in [2.75, 3.05) is 39.4 Å². The zero-order valence-corrected chi connectivity index (χ0v) is 14.9. The minimum Gasteiger partial charge on any atom is -0.379 e. The summed E-state index contributed by atoms with van der Waals surface area (Å²) in [7, 11) is 0. The van der Waals surface area contributed by atoms with Gasteiger partial charge in [0, 0.05) is 36.3 Å². The van der Waals surface area contributed by atoms with Crippen LogP contribution in [-0.2, 0) is 4.74 Å². The number of carbonyl (C=O) groups is 1. The van der Waals surface area contributed by atoms with Crippen molar-refractivity contribution in [1.29, 1.82) is 0 Å². The number of carbonyl (C=O) groups excluding carboxylic acids is 1. The molecule has 5 heteroatoms. The molecule has 1 saturated heterocycles. The smallest absolute Gasteiger partial charge is 0.176 e. The summed E-state index contributed by atoms with van der Waals surface area (Å²) in [6, 6.07) is 17.5. The second kappa shape index (κ2) is 9.11. The topological polar surface area (TPSA) is 41.6 Å². The molecule has 1 atom stereocenters. The van der Waals surface area contributed by atoms with E-state index >= 15 is 0 Å². The van der Waals surface area contributed by atoms with Gasteiger partial charge in [-0.3, -0.25) is 9.69 Å². The molecule has 1 aliphatic heterocycles. The Morgan fingerprint density at radius 3 is 2.44 bits per heavy atom. The number of nitrogens with one attached hydrogen (secondary N) is 1. The Bertz CT molecular complexity index is 670. The Morgan fingerprint density at radius 2 is 1.76 bits per heavy atom. The van der Waals surface area contributed by atoms with Crippen LogP contribution in [0.3, 0.4) is 0 Å². The quantitative estimate of drug-likeness (QED) is 0.772. The molecule has 0 aromatic heterocycles. The van der Waals surface area contributed by atoms with Crippen LogP contribution in [0.2, 0.25) is 5.02 Å². The molecule has 4 nitrogen and oxygen atoms in total. The van der Waals surface area contributed by atoms with Crippen LogP contribution in [0.1, 0.15) is 22.0 Å². The largest absolute Gasteiger partial charge is 0.379 e. The Labute approximate surface area is 153 Å². The third-order valence-corrected chi connectivity index (χ3v) is 4.71. The van der Waals surface area contributed by atoms with Crippen LogP contribution < -0.4 is 5.32 Å². The second-order valence-electron chi connectivity index (χ2n) is 6.14. The molecule has 0 aliphatic carbocycles. The predicted molar refractivity (Wildman–Crippen MR) is 100 cm³/mol. The molecule has 1 N–H and O–H groups in total. The van der Waals surface area contributed by atoms with Crippen molar-refractivity contribution in [3.05, 3.63) is 70.7 Å². The molecule has 0 radical (unpaired) electrons. The van der Waals surface area contributed by atoms with Crippen LogP contribution in [0.25, 0.3) is 0 Å². The minimum atomic E-state index is 0.109. The van der Waals surface area contributed by atoms with Crippen molar-refractivity contribution in [3.8, 4) is 0 Å². The van der Waals surface area contributed by atoms with Crippen LogP contribution in [0.4, 0.5) is 0 Å². The summed E-state index contributed by atoms with van der Waals surface area (Å²) in [6.45, 7) is 4.31. The zero-order chi connectivity index (χ0) is 17.5. The van der Waals surface area contributed by atoms with E-state index in [4.69, 9.17) is 16.3 Å². The van der Waals surface area contributed by atoms with Gasteiger partial charge in [0.25, 0.3) is 0 Å². The van der Waals surface area contributed by atoms with Gasteiger partial charge in [0.15, 0.2) is 5.78 Å². The summed E-state index contributed by atoms with van der Waals surface area (Å²) in [4.78, 5) is 14.7. The summed E-state index contributed by atoms with van der Waals surface area (Å²) in [5.41, 5.74) is 1.94. The highest BCUT2D eigenvalue weighted by Crippen LogP contribution is 2.23. The molecule has 132 valence electrons. The number of ether oxygens (including phenoxy) is 1. The lowest BCUT2D eigenvalue weighted by Gasteiger charge is -2.35. The van der Waals surface area contributed by atoms with Crippen molar-refractivity contribution in [1.82, 2.24) is 10.2 Å². The maximum absolute atomic E-state index is 12.3. The van der Waals surface area contributed by atoms with E-state index < -0.39 is 0 Å². The number of Topliss-reactive ketones (excluding diaryl/α,β-unsaturated/α-hetero) is 1. The summed E-state index contributed by atoms with van der Waals surface area (Å²) in [6.07, 6.45) is 0. The van der Waals surface area contributed by atoms with E-state index in [1.54, 1.807) is 0 Å². The van der Waals surface area contributed by atoms with Gasteiger partial charge in [-0.05, 0) is 17.7 Å². The molecule has 0 bridgehead atoms. The summed E-state index contributed by atoms with van der Waals surface area (Å²) < 4.78 is 5.47. The number of halogens is 1. The van der Waals surface area contributed by atoms with Gasteiger partial charge in [0.1, 0.15) is 0 Å². The van der Waals surface area contributed by atoms with Gasteiger partial charge < -0.3 is 10.1 Å².